The zero-order chi connectivity index (χ0) is 11.5. The van der Waals surface area contributed by atoms with Gasteiger partial charge in [-0.05, 0) is 26.3 Å². The second-order valence-electron chi connectivity index (χ2n) is 4.01. The molecule has 0 aliphatic rings. The smallest absolute Gasteiger partial charge is 0.242 e. The number of aliphatic hydroxyl groups is 1. The summed E-state index contributed by atoms with van der Waals surface area (Å²) in [6.45, 7) is 3.41. The van der Waals surface area contributed by atoms with Gasteiger partial charge in [0.05, 0.1) is 4.90 Å². The SMILES string of the molecule is CC(C)(CCO)NS(=O)(=O)c1cc[nH]c1. The van der Waals surface area contributed by atoms with Crippen molar-refractivity contribution in [1.29, 1.82) is 0 Å². The van der Waals surface area contributed by atoms with E-state index < -0.39 is 15.6 Å². The maximum Gasteiger partial charge on any atom is 0.242 e. The summed E-state index contributed by atoms with van der Waals surface area (Å²) in [5.41, 5.74) is -0.648. The highest BCUT2D eigenvalue weighted by Gasteiger charge is 2.25. The second-order valence-corrected chi connectivity index (χ2v) is 5.69. The van der Waals surface area contributed by atoms with Crippen LogP contribution in [0.4, 0.5) is 0 Å². The second kappa shape index (κ2) is 4.34. The van der Waals surface area contributed by atoms with E-state index in [1.165, 1.54) is 12.3 Å². The van der Waals surface area contributed by atoms with Crippen LogP contribution in [0.15, 0.2) is 23.4 Å². The highest BCUT2D eigenvalue weighted by molar-refractivity contribution is 7.89. The zero-order valence-corrected chi connectivity index (χ0v) is 9.63. The van der Waals surface area contributed by atoms with Gasteiger partial charge in [-0.3, -0.25) is 0 Å². The maximum absolute atomic E-state index is 11.8. The molecule has 0 fully saturated rings. The summed E-state index contributed by atoms with van der Waals surface area (Å²) < 4.78 is 26.1. The Labute approximate surface area is 89.6 Å². The predicted molar refractivity (Wildman–Crippen MR) is 56.9 cm³/mol. The summed E-state index contributed by atoms with van der Waals surface area (Å²) >= 11 is 0. The lowest BCUT2D eigenvalue weighted by molar-refractivity contribution is 0.246. The molecule has 0 bridgehead atoms. The van der Waals surface area contributed by atoms with Gasteiger partial charge < -0.3 is 10.1 Å². The topological polar surface area (TPSA) is 82.2 Å². The average Bonchev–Trinajstić information content (AvgIpc) is 2.52. The number of hydrogen-bond acceptors (Lipinski definition) is 3. The molecule has 0 saturated carbocycles. The fourth-order valence-corrected chi connectivity index (χ4v) is 2.65. The minimum Gasteiger partial charge on any atom is -0.396 e. The number of aliphatic hydroxyl groups excluding tert-OH is 1. The summed E-state index contributed by atoms with van der Waals surface area (Å²) in [7, 11) is -3.49. The molecule has 1 heterocycles. The van der Waals surface area contributed by atoms with Gasteiger partial charge in [0.25, 0.3) is 0 Å². The zero-order valence-electron chi connectivity index (χ0n) is 8.82. The van der Waals surface area contributed by atoms with Gasteiger partial charge in [0.15, 0.2) is 0 Å². The third-order valence-corrected chi connectivity index (χ3v) is 3.72. The molecule has 0 aliphatic heterocycles. The number of rotatable bonds is 5. The first-order valence-corrected chi connectivity index (χ1v) is 6.13. The van der Waals surface area contributed by atoms with Crippen molar-refractivity contribution in [1.82, 2.24) is 9.71 Å². The molecule has 0 saturated heterocycles. The third kappa shape index (κ3) is 3.33. The molecule has 6 heteroatoms. The van der Waals surface area contributed by atoms with E-state index in [1.807, 2.05) is 0 Å². The molecule has 3 N–H and O–H groups in total. The Bertz CT molecular complexity index is 395. The quantitative estimate of drug-likeness (QED) is 0.689. The summed E-state index contributed by atoms with van der Waals surface area (Å²) in [4.78, 5) is 2.89. The van der Waals surface area contributed by atoms with Crippen LogP contribution in [-0.2, 0) is 10.0 Å². The van der Waals surface area contributed by atoms with Gasteiger partial charge in [0.2, 0.25) is 10.0 Å². The number of aromatic amines is 1. The molecular formula is C9H16N2O3S. The molecule has 0 unspecified atom stereocenters. The maximum atomic E-state index is 11.8. The van der Waals surface area contributed by atoms with E-state index in [9.17, 15) is 8.42 Å². The number of hydrogen-bond donors (Lipinski definition) is 3. The van der Waals surface area contributed by atoms with Gasteiger partial charge in [-0.2, -0.15) is 0 Å². The van der Waals surface area contributed by atoms with Crippen LogP contribution >= 0.6 is 0 Å². The monoisotopic (exact) mass is 232 g/mol. The molecular weight excluding hydrogens is 216 g/mol. The molecule has 0 aromatic carbocycles. The lowest BCUT2D eigenvalue weighted by atomic mass is 10.0. The fourth-order valence-electron chi connectivity index (χ4n) is 1.23. The van der Waals surface area contributed by atoms with Crippen LogP contribution in [0, 0.1) is 0 Å². The Morgan fingerprint density at radius 3 is 2.67 bits per heavy atom. The minimum absolute atomic E-state index is 0.0529. The van der Waals surface area contributed by atoms with Crippen molar-refractivity contribution in [2.75, 3.05) is 6.61 Å². The Morgan fingerprint density at radius 1 is 1.53 bits per heavy atom. The lowest BCUT2D eigenvalue weighted by Crippen LogP contribution is -2.43. The highest BCUT2D eigenvalue weighted by atomic mass is 32.2. The number of H-pyrrole nitrogens is 1. The van der Waals surface area contributed by atoms with Crippen molar-refractivity contribution in [3.8, 4) is 0 Å². The van der Waals surface area contributed by atoms with Gasteiger partial charge in [-0.25, -0.2) is 13.1 Å². The standard InChI is InChI=1S/C9H16N2O3S/c1-9(2,4-6-12)11-15(13,14)8-3-5-10-7-8/h3,5,7,10-12H,4,6H2,1-2H3. The Morgan fingerprint density at radius 2 is 2.20 bits per heavy atom. The van der Waals surface area contributed by atoms with Gasteiger partial charge in [0, 0.05) is 24.5 Å². The molecule has 0 amide bonds. The first kappa shape index (κ1) is 12.2. The average molecular weight is 232 g/mol. The summed E-state index contributed by atoms with van der Waals surface area (Å²) in [5.74, 6) is 0. The van der Waals surface area contributed by atoms with Crippen molar-refractivity contribution in [3.05, 3.63) is 18.5 Å². The van der Waals surface area contributed by atoms with Crippen molar-refractivity contribution in [2.45, 2.75) is 30.7 Å². The molecule has 15 heavy (non-hydrogen) atoms. The number of nitrogens with one attached hydrogen (secondary N) is 2. The first-order chi connectivity index (χ1) is 6.87. The van der Waals surface area contributed by atoms with Crippen molar-refractivity contribution >= 4 is 10.0 Å². The minimum atomic E-state index is -3.49. The fraction of sp³-hybridized carbons (Fsp3) is 0.556. The van der Waals surface area contributed by atoms with E-state index in [1.54, 1.807) is 20.0 Å². The van der Waals surface area contributed by atoms with Gasteiger partial charge >= 0.3 is 0 Å². The third-order valence-electron chi connectivity index (χ3n) is 2.03. The van der Waals surface area contributed by atoms with Crippen LogP contribution in [0.5, 0.6) is 0 Å². The van der Waals surface area contributed by atoms with Gasteiger partial charge in [0.1, 0.15) is 0 Å². The molecule has 5 nitrogen and oxygen atoms in total. The molecule has 0 radical (unpaired) electrons. The Balaban J connectivity index is 2.82. The summed E-state index contributed by atoms with van der Waals surface area (Å²) in [6, 6.07) is 1.48. The van der Waals surface area contributed by atoms with Gasteiger partial charge in [-0.1, -0.05) is 0 Å². The molecule has 0 aliphatic carbocycles. The van der Waals surface area contributed by atoms with Crippen LogP contribution in [0.25, 0.3) is 0 Å². The van der Waals surface area contributed by atoms with E-state index in [-0.39, 0.29) is 11.5 Å². The first-order valence-electron chi connectivity index (χ1n) is 4.65. The van der Waals surface area contributed by atoms with Crippen molar-refractivity contribution < 1.29 is 13.5 Å². The van der Waals surface area contributed by atoms with Crippen LogP contribution in [-0.4, -0.2) is 30.7 Å². The molecule has 1 aromatic rings. The molecule has 0 atom stereocenters. The molecule has 0 spiro atoms. The predicted octanol–water partition coefficient (Wildman–Crippen LogP) is 0.454. The molecule has 1 aromatic heterocycles. The van der Waals surface area contributed by atoms with Gasteiger partial charge in [-0.15, -0.1) is 0 Å². The Kier molecular flexibility index (Phi) is 3.54. The molecule has 1 rings (SSSR count). The van der Waals surface area contributed by atoms with Crippen LogP contribution in [0.3, 0.4) is 0 Å². The van der Waals surface area contributed by atoms with Crippen LogP contribution in [0.1, 0.15) is 20.3 Å². The lowest BCUT2D eigenvalue weighted by Gasteiger charge is -2.24. The summed E-state index contributed by atoms with van der Waals surface area (Å²) in [5, 5.41) is 8.79. The normalized spacial score (nSPS) is 13.0. The van der Waals surface area contributed by atoms with E-state index in [4.69, 9.17) is 5.11 Å². The summed E-state index contributed by atoms with van der Waals surface area (Å²) in [6.07, 6.45) is 3.33. The van der Waals surface area contributed by atoms with Crippen molar-refractivity contribution in [2.24, 2.45) is 0 Å². The Hall–Kier alpha value is -0.850. The highest BCUT2D eigenvalue weighted by Crippen LogP contribution is 2.14. The largest absolute Gasteiger partial charge is 0.396 e. The van der Waals surface area contributed by atoms with E-state index in [2.05, 4.69) is 9.71 Å². The van der Waals surface area contributed by atoms with Crippen molar-refractivity contribution in [3.63, 3.8) is 0 Å². The van der Waals surface area contributed by atoms with E-state index >= 15 is 0 Å². The number of aromatic nitrogens is 1. The van der Waals surface area contributed by atoms with Crippen LogP contribution < -0.4 is 4.72 Å². The number of sulfonamides is 1. The van der Waals surface area contributed by atoms with Crippen LogP contribution in [0.2, 0.25) is 0 Å². The van der Waals surface area contributed by atoms with E-state index in [0.29, 0.717) is 6.42 Å². The van der Waals surface area contributed by atoms with E-state index in [0.717, 1.165) is 0 Å². The molecule has 86 valence electrons.